The highest BCUT2D eigenvalue weighted by atomic mass is 19.4. The van der Waals surface area contributed by atoms with Crippen LogP contribution in [0.5, 0.6) is 0 Å². The number of H-pyrrole nitrogens is 1. The van der Waals surface area contributed by atoms with Gasteiger partial charge < -0.3 is 9.40 Å². The fourth-order valence-corrected chi connectivity index (χ4v) is 2.84. The average molecular weight is 352 g/mol. The number of benzene rings is 1. The van der Waals surface area contributed by atoms with E-state index in [1.165, 1.54) is 18.9 Å². The van der Waals surface area contributed by atoms with Gasteiger partial charge in [-0.05, 0) is 44.1 Å². The molecule has 3 heterocycles. The zero-order valence-electron chi connectivity index (χ0n) is 13.1. The van der Waals surface area contributed by atoms with Gasteiger partial charge in [0.2, 0.25) is 5.95 Å². The van der Waals surface area contributed by atoms with Gasteiger partial charge in [-0.15, -0.1) is 10.2 Å². The van der Waals surface area contributed by atoms with Crippen LogP contribution in [0.15, 0.2) is 22.6 Å². The maximum absolute atomic E-state index is 12.7. The average Bonchev–Trinajstić information content (AvgIpc) is 3.27. The second kappa shape index (κ2) is 6.03. The molecule has 10 heteroatoms. The Morgan fingerprint density at radius 3 is 2.76 bits per heavy atom. The van der Waals surface area contributed by atoms with Gasteiger partial charge in [0.05, 0.1) is 12.1 Å². The summed E-state index contributed by atoms with van der Waals surface area (Å²) < 4.78 is 43.6. The molecule has 0 amide bonds. The number of nitrogens with one attached hydrogen (secondary N) is 2. The molecule has 25 heavy (non-hydrogen) atoms. The third-order valence-electron chi connectivity index (χ3n) is 4.05. The molecule has 0 radical (unpaired) electrons. The van der Waals surface area contributed by atoms with E-state index in [0.717, 1.165) is 25.2 Å². The van der Waals surface area contributed by atoms with E-state index in [-0.39, 0.29) is 17.1 Å². The normalized spacial score (nSPS) is 16.0. The van der Waals surface area contributed by atoms with Crippen molar-refractivity contribution in [3.63, 3.8) is 0 Å². The molecule has 1 aliphatic heterocycles. The van der Waals surface area contributed by atoms with Crippen LogP contribution >= 0.6 is 0 Å². The lowest BCUT2D eigenvalue weighted by Gasteiger charge is -2.11. The van der Waals surface area contributed by atoms with Crippen molar-refractivity contribution < 1.29 is 17.6 Å². The number of fused-ring (bicyclic) bond motifs is 1. The number of aromatic amines is 1. The number of alkyl halides is 3. The van der Waals surface area contributed by atoms with E-state index in [4.69, 9.17) is 4.42 Å². The van der Waals surface area contributed by atoms with Crippen LogP contribution in [0.1, 0.15) is 24.2 Å². The molecule has 0 atom stereocenters. The first-order valence-electron chi connectivity index (χ1n) is 7.86. The molecule has 1 aliphatic rings. The summed E-state index contributed by atoms with van der Waals surface area (Å²) in [6.45, 7) is 2.75. The van der Waals surface area contributed by atoms with Crippen molar-refractivity contribution in [2.75, 3.05) is 18.4 Å². The predicted octanol–water partition coefficient (Wildman–Crippen LogP) is 3.30. The molecule has 132 valence electrons. The Labute approximate surface area is 140 Å². The van der Waals surface area contributed by atoms with Crippen molar-refractivity contribution in [3.05, 3.63) is 29.6 Å². The number of aromatic nitrogens is 4. The second-order valence-corrected chi connectivity index (χ2v) is 5.93. The first-order valence-corrected chi connectivity index (χ1v) is 7.86. The van der Waals surface area contributed by atoms with Gasteiger partial charge in [0, 0.05) is 0 Å². The highest BCUT2D eigenvalue weighted by Crippen LogP contribution is 2.32. The monoisotopic (exact) mass is 352 g/mol. The molecule has 2 aromatic heterocycles. The Morgan fingerprint density at radius 2 is 2.00 bits per heavy atom. The SMILES string of the molecule is FC(F)(F)c1ccc2oc(Nc3nnc(CN4CCCC4)[nH]3)nc2c1. The Balaban J connectivity index is 1.49. The lowest BCUT2D eigenvalue weighted by atomic mass is 10.2. The lowest BCUT2D eigenvalue weighted by molar-refractivity contribution is -0.137. The number of hydrogen-bond acceptors (Lipinski definition) is 6. The largest absolute Gasteiger partial charge is 0.423 e. The number of oxazole rings is 1. The molecule has 7 nitrogen and oxygen atoms in total. The quantitative estimate of drug-likeness (QED) is 0.750. The fourth-order valence-electron chi connectivity index (χ4n) is 2.84. The minimum atomic E-state index is -4.42. The van der Waals surface area contributed by atoms with Crippen LogP contribution < -0.4 is 5.32 Å². The standard InChI is InChI=1S/C15H15F3N6O/c16-15(17,18)9-3-4-11-10(7-9)19-14(25-11)21-13-20-12(22-23-13)8-24-5-1-2-6-24/h3-4,7H,1-2,5-6,8H2,(H2,19,20,21,22,23). The summed E-state index contributed by atoms with van der Waals surface area (Å²) in [5.41, 5.74) is -0.395. The summed E-state index contributed by atoms with van der Waals surface area (Å²) in [7, 11) is 0. The van der Waals surface area contributed by atoms with Crippen LogP contribution in [-0.4, -0.2) is 38.2 Å². The van der Waals surface area contributed by atoms with E-state index in [0.29, 0.717) is 18.3 Å². The summed E-state index contributed by atoms with van der Waals surface area (Å²) in [5.74, 6) is 1.04. The van der Waals surface area contributed by atoms with Crippen molar-refractivity contribution in [3.8, 4) is 0 Å². The number of nitrogens with zero attached hydrogens (tertiary/aromatic N) is 4. The summed E-state index contributed by atoms with van der Waals surface area (Å²) in [4.78, 5) is 9.30. The summed E-state index contributed by atoms with van der Waals surface area (Å²) in [6.07, 6.45) is -2.06. The summed E-state index contributed by atoms with van der Waals surface area (Å²) >= 11 is 0. The summed E-state index contributed by atoms with van der Waals surface area (Å²) in [5, 5.41) is 10.8. The molecule has 1 fully saturated rings. The van der Waals surface area contributed by atoms with Crippen LogP contribution in [-0.2, 0) is 12.7 Å². The molecule has 0 aliphatic carbocycles. The Kier molecular flexibility index (Phi) is 3.83. The van der Waals surface area contributed by atoms with Crippen LogP contribution in [0.4, 0.5) is 25.1 Å². The van der Waals surface area contributed by atoms with Gasteiger partial charge in [-0.2, -0.15) is 18.2 Å². The smallest absolute Gasteiger partial charge is 0.416 e. The van der Waals surface area contributed by atoms with Crippen LogP contribution in [0.2, 0.25) is 0 Å². The summed E-state index contributed by atoms with van der Waals surface area (Å²) in [6, 6.07) is 3.21. The number of likely N-dealkylation sites (tertiary alicyclic amines) is 1. The maximum atomic E-state index is 12.7. The van der Waals surface area contributed by atoms with E-state index < -0.39 is 11.7 Å². The zero-order chi connectivity index (χ0) is 17.4. The van der Waals surface area contributed by atoms with Gasteiger partial charge in [-0.25, -0.2) is 0 Å². The predicted molar refractivity (Wildman–Crippen MR) is 83.2 cm³/mol. The van der Waals surface area contributed by atoms with Gasteiger partial charge in [-0.1, -0.05) is 0 Å². The number of rotatable bonds is 4. The molecule has 4 rings (SSSR count). The van der Waals surface area contributed by atoms with Crippen molar-refractivity contribution in [1.29, 1.82) is 0 Å². The van der Waals surface area contributed by atoms with E-state index in [1.54, 1.807) is 0 Å². The van der Waals surface area contributed by atoms with Crippen LogP contribution in [0.3, 0.4) is 0 Å². The highest BCUT2D eigenvalue weighted by Gasteiger charge is 2.31. The van der Waals surface area contributed by atoms with Crippen molar-refractivity contribution in [2.45, 2.75) is 25.6 Å². The molecule has 0 unspecified atom stereocenters. The molecule has 0 spiro atoms. The zero-order valence-corrected chi connectivity index (χ0v) is 13.1. The van der Waals surface area contributed by atoms with Crippen molar-refractivity contribution >= 4 is 23.1 Å². The molecule has 1 saturated heterocycles. The first kappa shape index (κ1) is 15.9. The molecule has 0 saturated carbocycles. The minimum Gasteiger partial charge on any atom is -0.423 e. The Bertz CT molecular complexity index is 881. The van der Waals surface area contributed by atoms with Gasteiger partial charge in [0.1, 0.15) is 11.3 Å². The van der Waals surface area contributed by atoms with E-state index in [1.807, 2.05) is 0 Å². The van der Waals surface area contributed by atoms with E-state index in [2.05, 4.69) is 30.4 Å². The molecular formula is C15H15F3N6O. The molecule has 1 aromatic carbocycles. The van der Waals surface area contributed by atoms with Gasteiger partial charge in [-0.3, -0.25) is 10.2 Å². The van der Waals surface area contributed by atoms with Gasteiger partial charge in [0.15, 0.2) is 5.58 Å². The molecule has 0 bridgehead atoms. The van der Waals surface area contributed by atoms with E-state index >= 15 is 0 Å². The lowest BCUT2D eigenvalue weighted by Crippen LogP contribution is -2.19. The Hall–Kier alpha value is -2.62. The first-order chi connectivity index (χ1) is 12.0. The highest BCUT2D eigenvalue weighted by molar-refractivity contribution is 5.75. The fraction of sp³-hybridized carbons (Fsp3) is 0.400. The van der Waals surface area contributed by atoms with Gasteiger partial charge >= 0.3 is 12.2 Å². The Morgan fingerprint density at radius 1 is 1.20 bits per heavy atom. The van der Waals surface area contributed by atoms with Crippen molar-refractivity contribution in [1.82, 2.24) is 25.1 Å². The van der Waals surface area contributed by atoms with Crippen molar-refractivity contribution in [2.24, 2.45) is 0 Å². The van der Waals surface area contributed by atoms with Crippen LogP contribution in [0.25, 0.3) is 11.1 Å². The van der Waals surface area contributed by atoms with E-state index in [9.17, 15) is 13.2 Å². The third-order valence-corrected chi connectivity index (χ3v) is 4.05. The third kappa shape index (κ3) is 3.43. The molecular weight excluding hydrogens is 337 g/mol. The minimum absolute atomic E-state index is 0.0539. The topological polar surface area (TPSA) is 82.9 Å². The number of anilines is 2. The van der Waals surface area contributed by atoms with Gasteiger partial charge in [0.25, 0.3) is 0 Å². The number of hydrogen-bond donors (Lipinski definition) is 2. The number of halogens is 3. The second-order valence-electron chi connectivity index (χ2n) is 5.93. The maximum Gasteiger partial charge on any atom is 0.416 e. The van der Waals surface area contributed by atoms with Crippen LogP contribution in [0, 0.1) is 0 Å². The molecule has 3 aromatic rings. The molecule has 2 N–H and O–H groups in total.